The quantitative estimate of drug-likeness (QED) is 0.355. The number of ether oxygens (including phenoxy) is 2. The first kappa shape index (κ1) is 13.2. The van der Waals surface area contributed by atoms with Crippen LogP contribution in [0.5, 0.6) is 0 Å². The Morgan fingerprint density at radius 1 is 1.13 bits per heavy atom. The van der Waals surface area contributed by atoms with Crippen molar-refractivity contribution in [3.05, 3.63) is 0 Å². The van der Waals surface area contributed by atoms with E-state index in [9.17, 15) is 15.3 Å². The van der Waals surface area contributed by atoms with Gasteiger partial charge in [0.1, 0.15) is 24.4 Å². The lowest BCUT2D eigenvalue weighted by molar-refractivity contribution is -0.299. The highest BCUT2D eigenvalue weighted by molar-refractivity contribution is 7.80. The third-order valence-corrected chi connectivity index (χ3v) is 2.40. The minimum Gasteiger partial charge on any atom is -0.394 e. The van der Waals surface area contributed by atoms with Gasteiger partial charge in [0.05, 0.1) is 13.2 Å². The summed E-state index contributed by atoms with van der Waals surface area (Å²) in [7, 11) is 0. The molecular formula is C8H16O6S. The van der Waals surface area contributed by atoms with Crippen LogP contribution in [-0.2, 0) is 9.47 Å². The minimum atomic E-state index is -1.39. The van der Waals surface area contributed by atoms with Crippen LogP contribution in [0.3, 0.4) is 0 Å². The summed E-state index contributed by atoms with van der Waals surface area (Å²) in [5.41, 5.74) is 0. The third kappa shape index (κ3) is 3.04. The molecule has 0 amide bonds. The molecule has 1 saturated heterocycles. The first-order valence-electron chi connectivity index (χ1n) is 4.64. The molecule has 1 aliphatic rings. The van der Waals surface area contributed by atoms with E-state index in [0.717, 1.165) is 0 Å². The summed E-state index contributed by atoms with van der Waals surface area (Å²) in [6, 6.07) is 0. The van der Waals surface area contributed by atoms with E-state index in [1.807, 2.05) is 0 Å². The van der Waals surface area contributed by atoms with Crippen LogP contribution in [0.15, 0.2) is 0 Å². The van der Waals surface area contributed by atoms with Gasteiger partial charge < -0.3 is 29.9 Å². The summed E-state index contributed by atoms with van der Waals surface area (Å²) < 4.78 is 10.1. The number of rotatable bonds is 4. The molecule has 0 radical (unpaired) electrons. The Hall–Kier alpha value is 0.110. The van der Waals surface area contributed by atoms with Gasteiger partial charge in [-0.1, -0.05) is 0 Å². The van der Waals surface area contributed by atoms with Gasteiger partial charge in [0.2, 0.25) is 0 Å². The van der Waals surface area contributed by atoms with Crippen molar-refractivity contribution in [2.45, 2.75) is 30.7 Å². The van der Waals surface area contributed by atoms with Crippen LogP contribution < -0.4 is 0 Å². The van der Waals surface area contributed by atoms with Gasteiger partial charge >= 0.3 is 0 Å². The largest absolute Gasteiger partial charge is 0.394 e. The van der Waals surface area contributed by atoms with Crippen LogP contribution in [0.1, 0.15) is 0 Å². The van der Waals surface area contributed by atoms with Gasteiger partial charge in [-0.15, -0.1) is 0 Å². The van der Waals surface area contributed by atoms with Crippen molar-refractivity contribution in [1.29, 1.82) is 0 Å². The smallest absolute Gasteiger partial charge is 0.186 e. The second-order valence-electron chi connectivity index (χ2n) is 3.29. The van der Waals surface area contributed by atoms with E-state index < -0.39 is 37.3 Å². The first-order valence-corrected chi connectivity index (χ1v) is 5.28. The van der Waals surface area contributed by atoms with Crippen molar-refractivity contribution in [3.8, 4) is 0 Å². The Bertz CT molecular complexity index is 190. The molecule has 0 saturated carbocycles. The molecule has 1 heterocycles. The van der Waals surface area contributed by atoms with Gasteiger partial charge in [0, 0.05) is 5.75 Å². The van der Waals surface area contributed by atoms with Crippen LogP contribution >= 0.6 is 12.6 Å². The second kappa shape index (κ2) is 6.00. The van der Waals surface area contributed by atoms with E-state index >= 15 is 0 Å². The molecular weight excluding hydrogens is 224 g/mol. The highest BCUT2D eigenvalue weighted by atomic mass is 32.1. The summed E-state index contributed by atoms with van der Waals surface area (Å²) in [5, 5.41) is 37.2. The Balaban J connectivity index is 2.57. The molecule has 1 aliphatic heterocycles. The summed E-state index contributed by atoms with van der Waals surface area (Å²) in [6.07, 6.45) is -6.04. The molecule has 6 nitrogen and oxygen atoms in total. The van der Waals surface area contributed by atoms with E-state index in [-0.39, 0.29) is 6.61 Å². The zero-order valence-corrected chi connectivity index (χ0v) is 8.96. The van der Waals surface area contributed by atoms with Gasteiger partial charge in [-0.3, -0.25) is 0 Å². The molecule has 0 spiro atoms. The topological polar surface area (TPSA) is 99.4 Å². The fraction of sp³-hybridized carbons (Fsp3) is 1.00. The predicted octanol–water partition coefficient (Wildman–Crippen LogP) is -2.27. The number of hydrogen-bond donors (Lipinski definition) is 5. The maximum absolute atomic E-state index is 9.48. The van der Waals surface area contributed by atoms with Crippen molar-refractivity contribution in [1.82, 2.24) is 0 Å². The first-order chi connectivity index (χ1) is 7.11. The zero-order chi connectivity index (χ0) is 11.4. The molecule has 0 aromatic carbocycles. The van der Waals surface area contributed by atoms with E-state index in [4.69, 9.17) is 14.6 Å². The molecule has 4 N–H and O–H groups in total. The SMILES string of the molecule is OCC1O[C@@H](OCCS)[C@@H](O)C(O)[C@@H]1O. The minimum absolute atomic E-state index is 0.242. The Morgan fingerprint density at radius 2 is 1.80 bits per heavy atom. The van der Waals surface area contributed by atoms with E-state index in [2.05, 4.69) is 12.6 Å². The Labute approximate surface area is 92.8 Å². The summed E-state index contributed by atoms with van der Waals surface area (Å²) >= 11 is 3.91. The summed E-state index contributed by atoms with van der Waals surface area (Å²) in [6.45, 7) is -0.211. The molecule has 15 heavy (non-hydrogen) atoms. The molecule has 2 unspecified atom stereocenters. The maximum Gasteiger partial charge on any atom is 0.186 e. The number of aliphatic hydroxyl groups excluding tert-OH is 4. The van der Waals surface area contributed by atoms with Gasteiger partial charge in [0.15, 0.2) is 6.29 Å². The predicted molar refractivity (Wildman–Crippen MR) is 53.6 cm³/mol. The summed E-state index contributed by atoms with van der Waals surface area (Å²) in [4.78, 5) is 0. The fourth-order valence-corrected chi connectivity index (χ4v) is 1.48. The Morgan fingerprint density at radius 3 is 2.33 bits per heavy atom. The van der Waals surface area contributed by atoms with Crippen molar-refractivity contribution in [3.63, 3.8) is 0 Å². The van der Waals surface area contributed by atoms with Crippen molar-refractivity contribution < 1.29 is 29.9 Å². The maximum atomic E-state index is 9.48. The summed E-state index contributed by atoms with van der Waals surface area (Å²) in [5.74, 6) is 0.440. The normalized spacial score (nSPS) is 41.8. The lowest BCUT2D eigenvalue weighted by atomic mass is 9.99. The van der Waals surface area contributed by atoms with E-state index in [0.29, 0.717) is 5.75 Å². The Kier molecular flexibility index (Phi) is 5.27. The average molecular weight is 240 g/mol. The third-order valence-electron chi connectivity index (χ3n) is 2.22. The van der Waals surface area contributed by atoms with Gasteiger partial charge in [0.25, 0.3) is 0 Å². The second-order valence-corrected chi connectivity index (χ2v) is 3.74. The fourth-order valence-electron chi connectivity index (χ4n) is 1.37. The molecule has 7 heteroatoms. The van der Waals surface area contributed by atoms with Gasteiger partial charge in [-0.05, 0) is 0 Å². The van der Waals surface area contributed by atoms with Crippen LogP contribution in [0, 0.1) is 0 Å². The van der Waals surface area contributed by atoms with E-state index in [1.165, 1.54) is 0 Å². The monoisotopic (exact) mass is 240 g/mol. The lowest BCUT2D eigenvalue weighted by Gasteiger charge is -2.39. The van der Waals surface area contributed by atoms with Crippen LogP contribution in [0.25, 0.3) is 0 Å². The molecule has 0 aromatic heterocycles. The van der Waals surface area contributed by atoms with Crippen LogP contribution in [0.2, 0.25) is 0 Å². The van der Waals surface area contributed by atoms with Crippen molar-refractivity contribution in [2.24, 2.45) is 0 Å². The van der Waals surface area contributed by atoms with Crippen molar-refractivity contribution >= 4 is 12.6 Å². The van der Waals surface area contributed by atoms with Crippen LogP contribution in [-0.4, -0.2) is 70.1 Å². The molecule has 90 valence electrons. The number of hydrogen-bond acceptors (Lipinski definition) is 7. The van der Waals surface area contributed by atoms with E-state index in [1.54, 1.807) is 0 Å². The highest BCUT2D eigenvalue weighted by Gasteiger charge is 2.43. The highest BCUT2D eigenvalue weighted by Crippen LogP contribution is 2.21. The van der Waals surface area contributed by atoms with Gasteiger partial charge in [-0.25, -0.2) is 0 Å². The molecule has 5 atom stereocenters. The lowest BCUT2D eigenvalue weighted by Crippen LogP contribution is -2.59. The molecule has 0 bridgehead atoms. The molecule has 0 aromatic rings. The zero-order valence-electron chi connectivity index (χ0n) is 8.06. The van der Waals surface area contributed by atoms with Crippen LogP contribution in [0.4, 0.5) is 0 Å². The molecule has 0 aliphatic carbocycles. The standard InChI is InChI=1S/C8H16O6S/c9-3-4-5(10)6(11)7(12)8(14-4)13-1-2-15/h4-12,15H,1-3H2/t4?,5-,6?,7+,8-/m1/s1. The average Bonchev–Trinajstić information content (AvgIpc) is 2.25. The number of thiol groups is 1. The van der Waals surface area contributed by atoms with Crippen molar-refractivity contribution in [2.75, 3.05) is 19.0 Å². The molecule has 1 fully saturated rings. The van der Waals surface area contributed by atoms with Gasteiger partial charge in [-0.2, -0.15) is 12.6 Å². The molecule has 1 rings (SSSR count). The number of aliphatic hydroxyl groups is 4.